The molecule has 116 valence electrons. The molecular formula is C18H11FN4O. The molecule has 0 saturated carbocycles. The quantitative estimate of drug-likeness (QED) is 0.528. The molecule has 0 aliphatic carbocycles. The van der Waals surface area contributed by atoms with Gasteiger partial charge in [0.05, 0.1) is 17.4 Å². The summed E-state index contributed by atoms with van der Waals surface area (Å²) in [7, 11) is 0. The highest BCUT2D eigenvalue weighted by Crippen LogP contribution is 2.34. The number of aromatic amines is 1. The molecule has 0 fully saturated rings. The summed E-state index contributed by atoms with van der Waals surface area (Å²) in [5.74, 6) is 0.219. The summed E-state index contributed by atoms with van der Waals surface area (Å²) in [4.78, 5) is 4.56. The predicted molar refractivity (Wildman–Crippen MR) is 87.9 cm³/mol. The lowest BCUT2D eigenvalue weighted by atomic mass is 10.0. The molecule has 5 rings (SSSR count). The van der Waals surface area contributed by atoms with E-state index in [2.05, 4.69) is 15.2 Å². The van der Waals surface area contributed by atoms with Crippen LogP contribution in [0.4, 0.5) is 4.39 Å². The highest BCUT2D eigenvalue weighted by molar-refractivity contribution is 5.88. The van der Waals surface area contributed by atoms with Gasteiger partial charge in [-0.25, -0.2) is 4.39 Å². The Bertz CT molecular complexity index is 1170. The van der Waals surface area contributed by atoms with E-state index in [4.69, 9.17) is 4.42 Å². The molecule has 5 aromatic rings. The second kappa shape index (κ2) is 4.79. The molecule has 0 aliphatic rings. The zero-order valence-electron chi connectivity index (χ0n) is 12.4. The number of fused-ring (bicyclic) bond motifs is 2. The third kappa shape index (κ3) is 1.86. The minimum atomic E-state index is -0.276. The molecule has 3 heterocycles. The van der Waals surface area contributed by atoms with Crippen molar-refractivity contribution < 1.29 is 8.81 Å². The van der Waals surface area contributed by atoms with Gasteiger partial charge in [-0.2, -0.15) is 10.1 Å². The zero-order valence-corrected chi connectivity index (χ0v) is 12.4. The average molecular weight is 318 g/mol. The SMILES string of the molecule is Fc1ccc(-c2nc3occn3c2-c2ccc3cn[nH]c3c2)cc1. The molecule has 6 heteroatoms. The first-order valence-corrected chi connectivity index (χ1v) is 7.44. The molecule has 0 atom stereocenters. The Kier molecular flexibility index (Phi) is 2.61. The van der Waals surface area contributed by atoms with E-state index in [0.29, 0.717) is 5.84 Å². The summed E-state index contributed by atoms with van der Waals surface area (Å²) in [5.41, 5.74) is 4.38. The summed E-state index contributed by atoms with van der Waals surface area (Å²) >= 11 is 0. The van der Waals surface area contributed by atoms with Gasteiger partial charge < -0.3 is 4.42 Å². The lowest BCUT2D eigenvalue weighted by Crippen LogP contribution is -1.88. The van der Waals surface area contributed by atoms with Crippen LogP contribution >= 0.6 is 0 Å². The fraction of sp³-hybridized carbons (Fsp3) is 0. The van der Waals surface area contributed by atoms with Crippen molar-refractivity contribution >= 4 is 16.7 Å². The van der Waals surface area contributed by atoms with Gasteiger partial charge >= 0.3 is 5.84 Å². The summed E-state index contributed by atoms with van der Waals surface area (Å²) in [6.45, 7) is 0. The second-order valence-corrected chi connectivity index (χ2v) is 5.54. The van der Waals surface area contributed by atoms with Crippen molar-refractivity contribution in [2.24, 2.45) is 0 Å². The first-order valence-electron chi connectivity index (χ1n) is 7.44. The third-order valence-corrected chi connectivity index (χ3v) is 4.10. The van der Waals surface area contributed by atoms with Crippen molar-refractivity contribution in [1.82, 2.24) is 19.6 Å². The van der Waals surface area contributed by atoms with E-state index in [0.717, 1.165) is 33.4 Å². The molecule has 5 nitrogen and oxygen atoms in total. The van der Waals surface area contributed by atoms with Crippen LogP contribution in [0.1, 0.15) is 0 Å². The van der Waals surface area contributed by atoms with Crippen LogP contribution in [0.25, 0.3) is 39.3 Å². The van der Waals surface area contributed by atoms with E-state index in [1.165, 1.54) is 12.1 Å². The number of benzene rings is 2. The molecule has 0 amide bonds. The minimum Gasteiger partial charge on any atom is -0.432 e. The molecule has 0 unspecified atom stereocenters. The molecule has 0 saturated heterocycles. The zero-order chi connectivity index (χ0) is 16.1. The van der Waals surface area contributed by atoms with Crippen molar-refractivity contribution in [2.75, 3.05) is 0 Å². The summed E-state index contributed by atoms with van der Waals surface area (Å²) in [5, 5.41) is 8.07. The average Bonchev–Trinajstić information content (AvgIpc) is 3.29. The number of hydrogen-bond acceptors (Lipinski definition) is 3. The lowest BCUT2D eigenvalue weighted by Gasteiger charge is -2.05. The maximum absolute atomic E-state index is 13.3. The van der Waals surface area contributed by atoms with E-state index in [9.17, 15) is 4.39 Å². The van der Waals surface area contributed by atoms with E-state index in [-0.39, 0.29) is 5.82 Å². The third-order valence-electron chi connectivity index (χ3n) is 4.10. The van der Waals surface area contributed by atoms with Crippen LogP contribution in [0.5, 0.6) is 0 Å². The number of aromatic nitrogens is 4. The van der Waals surface area contributed by atoms with E-state index < -0.39 is 0 Å². The number of nitrogens with zero attached hydrogens (tertiary/aromatic N) is 3. The fourth-order valence-corrected chi connectivity index (χ4v) is 2.95. The minimum absolute atomic E-state index is 0.276. The molecule has 2 aromatic carbocycles. The van der Waals surface area contributed by atoms with Crippen LogP contribution in [0.2, 0.25) is 0 Å². The van der Waals surface area contributed by atoms with Gasteiger partial charge in [0.15, 0.2) is 0 Å². The molecule has 24 heavy (non-hydrogen) atoms. The molecule has 3 aromatic heterocycles. The van der Waals surface area contributed by atoms with Gasteiger partial charge in [-0.05, 0) is 30.3 Å². The first-order chi connectivity index (χ1) is 11.8. The van der Waals surface area contributed by atoms with Gasteiger partial charge in [-0.1, -0.05) is 12.1 Å². The maximum atomic E-state index is 13.3. The van der Waals surface area contributed by atoms with Crippen molar-refractivity contribution in [3.63, 3.8) is 0 Å². The van der Waals surface area contributed by atoms with Gasteiger partial charge in [0.1, 0.15) is 17.8 Å². The lowest BCUT2D eigenvalue weighted by molar-refractivity contribution is 0.596. The Balaban J connectivity index is 1.80. The van der Waals surface area contributed by atoms with Crippen LogP contribution in [-0.4, -0.2) is 19.6 Å². The highest BCUT2D eigenvalue weighted by Gasteiger charge is 2.18. The fourth-order valence-electron chi connectivity index (χ4n) is 2.95. The number of halogens is 1. The molecule has 0 radical (unpaired) electrons. The Morgan fingerprint density at radius 3 is 2.75 bits per heavy atom. The second-order valence-electron chi connectivity index (χ2n) is 5.54. The standard InChI is InChI=1S/C18H11FN4O/c19-14-5-3-11(4-6-14)16-17(23-7-8-24-18(23)21-16)12-1-2-13-10-20-22-15(13)9-12/h1-10H,(H,20,22). The van der Waals surface area contributed by atoms with Gasteiger partial charge in [0.25, 0.3) is 0 Å². The summed E-state index contributed by atoms with van der Waals surface area (Å²) in [6, 6.07) is 12.3. The smallest absolute Gasteiger partial charge is 0.306 e. The topological polar surface area (TPSA) is 59.1 Å². The van der Waals surface area contributed by atoms with Gasteiger partial charge in [0, 0.05) is 22.7 Å². The van der Waals surface area contributed by atoms with Crippen LogP contribution in [0.15, 0.2) is 65.5 Å². The van der Waals surface area contributed by atoms with Crippen molar-refractivity contribution in [3.8, 4) is 22.5 Å². The van der Waals surface area contributed by atoms with E-state index >= 15 is 0 Å². The first kappa shape index (κ1) is 13.1. The summed E-state index contributed by atoms with van der Waals surface area (Å²) in [6.07, 6.45) is 5.20. The van der Waals surface area contributed by atoms with Crippen LogP contribution < -0.4 is 0 Å². The number of H-pyrrole nitrogens is 1. The Labute approximate surface area is 135 Å². The van der Waals surface area contributed by atoms with E-state index in [1.54, 1.807) is 24.6 Å². The number of oxazole rings is 1. The molecular weight excluding hydrogens is 307 g/mol. The number of nitrogens with one attached hydrogen (secondary N) is 1. The van der Waals surface area contributed by atoms with Crippen LogP contribution in [0.3, 0.4) is 0 Å². The van der Waals surface area contributed by atoms with Crippen LogP contribution in [-0.2, 0) is 0 Å². The Morgan fingerprint density at radius 1 is 1.04 bits per heavy atom. The van der Waals surface area contributed by atoms with Gasteiger partial charge in [-0.15, -0.1) is 0 Å². The number of imidazole rings is 1. The maximum Gasteiger partial charge on any atom is 0.306 e. The van der Waals surface area contributed by atoms with Crippen molar-refractivity contribution in [1.29, 1.82) is 0 Å². The van der Waals surface area contributed by atoms with Crippen LogP contribution in [0, 0.1) is 5.82 Å². The Morgan fingerprint density at radius 2 is 1.88 bits per heavy atom. The monoisotopic (exact) mass is 318 g/mol. The Hall–Kier alpha value is -3.41. The molecule has 0 spiro atoms. The van der Waals surface area contributed by atoms with Gasteiger partial charge in [0.2, 0.25) is 0 Å². The molecule has 0 bridgehead atoms. The number of hydrogen-bond donors (Lipinski definition) is 1. The largest absolute Gasteiger partial charge is 0.432 e. The highest BCUT2D eigenvalue weighted by atomic mass is 19.1. The normalized spacial score (nSPS) is 11.5. The predicted octanol–water partition coefficient (Wildman–Crippen LogP) is 4.28. The van der Waals surface area contributed by atoms with E-state index in [1.807, 2.05) is 28.8 Å². The van der Waals surface area contributed by atoms with Gasteiger partial charge in [-0.3, -0.25) is 9.50 Å². The number of rotatable bonds is 2. The van der Waals surface area contributed by atoms with Crippen molar-refractivity contribution in [2.45, 2.75) is 0 Å². The summed E-state index contributed by atoms with van der Waals surface area (Å²) < 4.78 is 20.6. The molecule has 1 N–H and O–H groups in total. The molecule has 0 aliphatic heterocycles. The van der Waals surface area contributed by atoms with Crippen molar-refractivity contribution in [3.05, 3.63) is 66.9 Å².